The molecule has 1 aromatic rings. The Bertz CT molecular complexity index is 568. The van der Waals surface area contributed by atoms with Gasteiger partial charge in [0, 0.05) is 31.6 Å². The zero-order chi connectivity index (χ0) is 16.1. The average molecular weight is 304 g/mol. The molecule has 1 heterocycles. The molecule has 0 radical (unpaired) electrons. The fourth-order valence-electron chi connectivity index (χ4n) is 2.50. The molecule has 0 spiro atoms. The fraction of sp³-hybridized carbons (Fsp3) is 0.438. The Morgan fingerprint density at radius 3 is 2.55 bits per heavy atom. The summed E-state index contributed by atoms with van der Waals surface area (Å²) in [7, 11) is 0. The van der Waals surface area contributed by atoms with E-state index in [0.29, 0.717) is 25.2 Å². The van der Waals surface area contributed by atoms with Crippen molar-refractivity contribution in [2.75, 3.05) is 18.4 Å². The number of aryl methyl sites for hydroxylation is 1. The Kier molecular flexibility index (Phi) is 5.14. The lowest BCUT2D eigenvalue weighted by Gasteiger charge is -2.13. The molecule has 6 nitrogen and oxygen atoms in total. The van der Waals surface area contributed by atoms with Crippen LogP contribution >= 0.6 is 0 Å². The van der Waals surface area contributed by atoms with Crippen LogP contribution in [0.3, 0.4) is 0 Å². The third kappa shape index (κ3) is 4.07. The number of hydrogen-bond acceptors (Lipinski definition) is 3. The summed E-state index contributed by atoms with van der Waals surface area (Å²) in [4.78, 5) is 36.0. The maximum absolute atomic E-state index is 12.2. The maximum atomic E-state index is 12.2. The smallest absolute Gasteiger partial charge is 0.303 e. The maximum Gasteiger partial charge on any atom is 0.303 e. The highest BCUT2D eigenvalue weighted by Gasteiger charge is 2.33. The summed E-state index contributed by atoms with van der Waals surface area (Å²) in [6.07, 6.45) is 0.811. The fourth-order valence-corrected chi connectivity index (χ4v) is 2.50. The van der Waals surface area contributed by atoms with E-state index in [4.69, 9.17) is 5.11 Å². The van der Waals surface area contributed by atoms with Crippen LogP contribution in [-0.2, 0) is 20.8 Å². The summed E-state index contributed by atoms with van der Waals surface area (Å²) >= 11 is 0. The van der Waals surface area contributed by atoms with Crippen molar-refractivity contribution < 1.29 is 19.5 Å². The molecule has 1 aliphatic rings. The molecule has 6 heteroatoms. The van der Waals surface area contributed by atoms with E-state index in [9.17, 15) is 14.4 Å². The van der Waals surface area contributed by atoms with Gasteiger partial charge < -0.3 is 15.3 Å². The summed E-state index contributed by atoms with van der Waals surface area (Å²) in [5.41, 5.74) is 1.57. The highest BCUT2D eigenvalue weighted by atomic mass is 16.4. The Morgan fingerprint density at radius 1 is 1.32 bits per heavy atom. The van der Waals surface area contributed by atoms with Crippen molar-refractivity contribution in [3.63, 3.8) is 0 Å². The van der Waals surface area contributed by atoms with Gasteiger partial charge in [-0.25, -0.2) is 0 Å². The molecule has 2 N–H and O–H groups in total. The van der Waals surface area contributed by atoms with Crippen LogP contribution in [0.5, 0.6) is 0 Å². The van der Waals surface area contributed by atoms with Gasteiger partial charge in [0.25, 0.3) is 0 Å². The molecule has 22 heavy (non-hydrogen) atoms. The van der Waals surface area contributed by atoms with Crippen LogP contribution in [0, 0.1) is 5.92 Å². The quantitative estimate of drug-likeness (QED) is 0.834. The van der Waals surface area contributed by atoms with Gasteiger partial charge in [0.2, 0.25) is 11.8 Å². The normalized spacial score (nSPS) is 17.6. The van der Waals surface area contributed by atoms with Crippen molar-refractivity contribution in [2.24, 2.45) is 5.92 Å². The first kappa shape index (κ1) is 16.0. The van der Waals surface area contributed by atoms with Crippen molar-refractivity contribution in [3.05, 3.63) is 29.8 Å². The molecule has 0 bridgehead atoms. The van der Waals surface area contributed by atoms with E-state index >= 15 is 0 Å². The minimum Gasteiger partial charge on any atom is -0.481 e. The highest BCUT2D eigenvalue weighted by Crippen LogP contribution is 2.20. The third-order valence-corrected chi connectivity index (χ3v) is 3.82. The van der Waals surface area contributed by atoms with Crippen molar-refractivity contribution >= 4 is 23.5 Å². The van der Waals surface area contributed by atoms with Gasteiger partial charge in [-0.2, -0.15) is 0 Å². The number of carboxylic acids is 1. The second kappa shape index (κ2) is 7.06. The molecule has 1 unspecified atom stereocenters. The zero-order valence-corrected chi connectivity index (χ0v) is 12.5. The standard InChI is InChI=1S/C16H20N2O4/c1-2-18-10-12(9-14(18)19)16(22)17-13-6-3-11(4-7-13)5-8-15(20)21/h3-4,6-7,12H,2,5,8-10H2,1H3,(H,17,22)(H,20,21). The molecule has 0 saturated carbocycles. The predicted molar refractivity (Wildman–Crippen MR) is 81.4 cm³/mol. The van der Waals surface area contributed by atoms with Gasteiger partial charge in [-0.05, 0) is 31.0 Å². The number of benzene rings is 1. The highest BCUT2D eigenvalue weighted by molar-refractivity contribution is 5.97. The number of anilines is 1. The van der Waals surface area contributed by atoms with E-state index in [1.54, 1.807) is 29.2 Å². The van der Waals surface area contributed by atoms with E-state index in [1.807, 2.05) is 6.92 Å². The summed E-state index contributed by atoms with van der Waals surface area (Å²) in [6, 6.07) is 7.11. The van der Waals surface area contributed by atoms with Gasteiger partial charge in [-0.15, -0.1) is 0 Å². The molecule has 118 valence electrons. The van der Waals surface area contributed by atoms with Gasteiger partial charge in [0.05, 0.1) is 5.92 Å². The topological polar surface area (TPSA) is 86.7 Å². The second-order valence-corrected chi connectivity index (χ2v) is 5.41. The molecular weight excluding hydrogens is 284 g/mol. The third-order valence-electron chi connectivity index (χ3n) is 3.82. The molecule has 0 aromatic heterocycles. The van der Waals surface area contributed by atoms with Crippen LogP contribution in [0.15, 0.2) is 24.3 Å². The second-order valence-electron chi connectivity index (χ2n) is 5.41. The number of carboxylic acid groups (broad SMARTS) is 1. The Morgan fingerprint density at radius 2 is 2.00 bits per heavy atom. The van der Waals surface area contributed by atoms with E-state index in [2.05, 4.69) is 5.32 Å². The number of hydrogen-bond donors (Lipinski definition) is 2. The number of amides is 2. The lowest BCUT2D eigenvalue weighted by molar-refractivity contribution is -0.137. The van der Waals surface area contributed by atoms with Crippen molar-refractivity contribution in [1.82, 2.24) is 4.90 Å². The molecule has 1 aliphatic heterocycles. The number of carbonyl (C=O) groups excluding carboxylic acids is 2. The number of aliphatic carboxylic acids is 1. The van der Waals surface area contributed by atoms with Crippen LogP contribution in [0.25, 0.3) is 0 Å². The SMILES string of the molecule is CCN1CC(C(=O)Nc2ccc(CCC(=O)O)cc2)CC1=O. The predicted octanol–water partition coefficient (Wildman–Crippen LogP) is 1.51. The molecule has 1 fully saturated rings. The average Bonchev–Trinajstić information content (AvgIpc) is 2.87. The van der Waals surface area contributed by atoms with Crippen molar-refractivity contribution in [1.29, 1.82) is 0 Å². The number of nitrogens with one attached hydrogen (secondary N) is 1. The van der Waals surface area contributed by atoms with Gasteiger partial charge in [-0.3, -0.25) is 14.4 Å². The summed E-state index contributed by atoms with van der Waals surface area (Å²) in [6.45, 7) is 2.99. The van der Waals surface area contributed by atoms with Crippen LogP contribution in [-0.4, -0.2) is 40.9 Å². The number of carbonyl (C=O) groups is 3. The first-order valence-corrected chi connectivity index (χ1v) is 7.39. The summed E-state index contributed by atoms with van der Waals surface area (Å²) < 4.78 is 0. The molecule has 1 aromatic carbocycles. The van der Waals surface area contributed by atoms with Crippen molar-refractivity contribution in [3.8, 4) is 0 Å². The number of nitrogens with zero attached hydrogens (tertiary/aromatic N) is 1. The largest absolute Gasteiger partial charge is 0.481 e. The van der Waals surface area contributed by atoms with E-state index in [0.717, 1.165) is 5.56 Å². The summed E-state index contributed by atoms with van der Waals surface area (Å²) in [5, 5.41) is 11.5. The van der Waals surface area contributed by atoms with Crippen LogP contribution in [0.1, 0.15) is 25.3 Å². The first-order chi connectivity index (χ1) is 10.5. The molecule has 2 rings (SSSR count). The van der Waals surface area contributed by atoms with Crippen LogP contribution in [0.2, 0.25) is 0 Å². The lowest BCUT2D eigenvalue weighted by atomic mass is 10.1. The Hall–Kier alpha value is -2.37. The molecule has 1 atom stereocenters. The molecule has 0 aliphatic carbocycles. The minimum absolute atomic E-state index is 0.0201. The Balaban J connectivity index is 1.89. The van der Waals surface area contributed by atoms with E-state index in [-0.39, 0.29) is 30.6 Å². The first-order valence-electron chi connectivity index (χ1n) is 7.39. The summed E-state index contributed by atoms with van der Waals surface area (Å²) in [5.74, 6) is -1.27. The van der Waals surface area contributed by atoms with Crippen molar-refractivity contribution in [2.45, 2.75) is 26.2 Å². The zero-order valence-electron chi connectivity index (χ0n) is 12.5. The lowest BCUT2D eigenvalue weighted by Crippen LogP contribution is -2.28. The van der Waals surface area contributed by atoms with E-state index in [1.165, 1.54) is 0 Å². The minimum atomic E-state index is -0.830. The van der Waals surface area contributed by atoms with Crippen LogP contribution in [0.4, 0.5) is 5.69 Å². The molecular formula is C16H20N2O4. The van der Waals surface area contributed by atoms with Gasteiger partial charge in [0.15, 0.2) is 0 Å². The monoisotopic (exact) mass is 304 g/mol. The number of rotatable bonds is 6. The molecule has 2 amide bonds. The van der Waals surface area contributed by atoms with Gasteiger partial charge >= 0.3 is 5.97 Å². The molecule has 1 saturated heterocycles. The van der Waals surface area contributed by atoms with E-state index < -0.39 is 5.97 Å². The van der Waals surface area contributed by atoms with Gasteiger partial charge in [0.1, 0.15) is 0 Å². The number of likely N-dealkylation sites (tertiary alicyclic amines) is 1. The van der Waals surface area contributed by atoms with Crippen LogP contribution < -0.4 is 5.32 Å². The Labute approximate surface area is 129 Å². The van der Waals surface area contributed by atoms with Gasteiger partial charge in [-0.1, -0.05) is 12.1 Å².